The largest absolute Gasteiger partial charge is 0.481 e. The summed E-state index contributed by atoms with van der Waals surface area (Å²) in [7, 11) is -10.6. The van der Waals surface area contributed by atoms with Gasteiger partial charge in [-0.05, 0) is 6.07 Å². The molecule has 16 nitrogen and oxygen atoms in total. The van der Waals surface area contributed by atoms with Gasteiger partial charge in [0.1, 0.15) is 24.1 Å². The minimum atomic E-state index is -5.36. The van der Waals surface area contributed by atoms with Crippen LogP contribution in [0.1, 0.15) is 12.1 Å². The second-order valence-corrected chi connectivity index (χ2v) is 9.31. The summed E-state index contributed by atoms with van der Waals surface area (Å²) < 4.78 is 37.1. The third-order valence-corrected chi connectivity index (χ3v) is 6.39. The van der Waals surface area contributed by atoms with Crippen molar-refractivity contribution in [2.45, 2.75) is 31.1 Å². The summed E-state index contributed by atoms with van der Waals surface area (Å²) in [6.45, 7) is -1.22. The number of phosphoric ester groups is 1. The molecule has 0 bridgehead atoms. The fourth-order valence-corrected chi connectivity index (χ4v) is 4.45. The van der Waals surface area contributed by atoms with Crippen LogP contribution in [0.5, 0.6) is 0 Å². The predicted octanol–water partition coefficient (Wildman–Crippen LogP) is -2.31. The molecule has 1 aliphatic rings. The standard InChI is InChI=1S/C14H18N4O12P2/c19-10-2-5-17(14(22)18(10)6-9-15-3-1-4-16-9)13-12(21)11(20)8(29-13)7-28-32(26,27)30-31(23,24)25/h1-5,8,11-13,20-21H,6-7H2,(H,26,27)(H2,23,24,25)/t8-,11+,12?,13-/m1/s1. The van der Waals surface area contributed by atoms with Gasteiger partial charge in [0.05, 0.1) is 13.2 Å². The molecule has 2 aromatic rings. The van der Waals surface area contributed by atoms with E-state index in [1.165, 1.54) is 18.5 Å². The van der Waals surface area contributed by atoms with Crippen molar-refractivity contribution in [2.24, 2.45) is 0 Å². The van der Waals surface area contributed by atoms with Crippen LogP contribution in [0.2, 0.25) is 0 Å². The van der Waals surface area contributed by atoms with Crippen LogP contribution in [-0.4, -0.2) is 68.9 Å². The Morgan fingerprint density at radius 2 is 1.75 bits per heavy atom. The quantitative estimate of drug-likeness (QED) is 0.242. The molecule has 1 aliphatic heterocycles. The third-order valence-electron chi connectivity index (χ3n) is 4.24. The number of rotatable bonds is 8. The van der Waals surface area contributed by atoms with Crippen LogP contribution in [0.15, 0.2) is 40.3 Å². The van der Waals surface area contributed by atoms with Crippen molar-refractivity contribution in [1.82, 2.24) is 19.1 Å². The average Bonchev–Trinajstić information content (AvgIpc) is 2.97. The number of hydrogen-bond donors (Lipinski definition) is 5. The van der Waals surface area contributed by atoms with Crippen molar-refractivity contribution in [1.29, 1.82) is 0 Å². The Morgan fingerprint density at radius 1 is 1.09 bits per heavy atom. The summed E-state index contributed by atoms with van der Waals surface area (Å²) >= 11 is 0. The van der Waals surface area contributed by atoms with Gasteiger partial charge in [-0.1, -0.05) is 0 Å². The maximum atomic E-state index is 12.8. The molecule has 2 aromatic heterocycles. The first-order valence-corrected chi connectivity index (χ1v) is 11.7. The number of nitrogens with zero attached hydrogens (tertiary/aromatic N) is 4. The Kier molecular flexibility index (Phi) is 7.21. The van der Waals surface area contributed by atoms with Gasteiger partial charge in [0.15, 0.2) is 6.23 Å². The van der Waals surface area contributed by atoms with Gasteiger partial charge in [-0.15, -0.1) is 0 Å². The topological polar surface area (TPSA) is 233 Å². The van der Waals surface area contributed by atoms with Crippen LogP contribution < -0.4 is 11.2 Å². The molecule has 0 aliphatic carbocycles. The summed E-state index contributed by atoms with van der Waals surface area (Å²) in [5, 5.41) is 20.4. The number of ether oxygens (including phenoxy) is 1. The maximum absolute atomic E-state index is 12.8. The Bertz CT molecular complexity index is 1160. The lowest BCUT2D eigenvalue weighted by Crippen LogP contribution is -2.43. The molecular formula is C14H18N4O12P2. The van der Waals surface area contributed by atoms with Crippen LogP contribution in [0.25, 0.3) is 0 Å². The molecule has 32 heavy (non-hydrogen) atoms. The van der Waals surface area contributed by atoms with Gasteiger partial charge in [0.2, 0.25) is 0 Å². The number of aromatic nitrogens is 4. The first-order chi connectivity index (χ1) is 14.9. The highest BCUT2D eigenvalue weighted by molar-refractivity contribution is 7.60. The van der Waals surface area contributed by atoms with Gasteiger partial charge in [0, 0.05) is 24.7 Å². The number of aliphatic hydroxyl groups excluding tert-OH is 2. The highest BCUT2D eigenvalue weighted by atomic mass is 31.3. The van der Waals surface area contributed by atoms with Gasteiger partial charge >= 0.3 is 21.3 Å². The highest BCUT2D eigenvalue weighted by Gasteiger charge is 2.46. The Balaban J connectivity index is 1.79. The molecule has 5 N–H and O–H groups in total. The van der Waals surface area contributed by atoms with Crippen molar-refractivity contribution in [3.05, 3.63) is 57.4 Å². The predicted molar refractivity (Wildman–Crippen MR) is 101 cm³/mol. The second kappa shape index (κ2) is 9.41. The Hall–Kier alpha value is -2.10. The Labute approximate surface area is 178 Å². The molecule has 2 unspecified atom stereocenters. The van der Waals surface area contributed by atoms with E-state index in [4.69, 9.17) is 14.5 Å². The molecule has 0 aromatic carbocycles. The van der Waals surface area contributed by atoms with Gasteiger partial charge < -0.3 is 29.6 Å². The number of hydrogen-bond acceptors (Lipinski definition) is 11. The van der Waals surface area contributed by atoms with Crippen LogP contribution in [0.3, 0.4) is 0 Å². The second-order valence-electron chi connectivity index (χ2n) is 6.48. The van der Waals surface area contributed by atoms with Crippen LogP contribution in [-0.2, 0) is 29.2 Å². The van der Waals surface area contributed by atoms with Crippen molar-refractivity contribution in [3.63, 3.8) is 0 Å². The van der Waals surface area contributed by atoms with E-state index >= 15 is 0 Å². The minimum absolute atomic E-state index is 0.160. The zero-order chi connectivity index (χ0) is 23.7. The fraction of sp³-hybridized carbons (Fsp3) is 0.429. The minimum Gasteiger partial charge on any atom is -0.387 e. The maximum Gasteiger partial charge on any atom is 0.481 e. The molecular weight excluding hydrogens is 478 g/mol. The van der Waals surface area contributed by atoms with Crippen molar-refractivity contribution >= 4 is 15.6 Å². The van der Waals surface area contributed by atoms with E-state index in [-0.39, 0.29) is 12.4 Å². The monoisotopic (exact) mass is 496 g/mol. The molecule has 176 valence electrons. The zero-order valence-corrected chi connectivity index (χ0v) is 17.7. The summed E-state index contributed by atoms with van der Waals surface area (Å²) in [4.78, 5) is 59.3. The van der Waals surface area contributed by atoms with Gasteiger partial charge in [-0.3, -0.25) is 18.5 Å². The van der Waals surface area contributed by atoms with Crippen molar-refractivity contribution in [3.8, 4) is 0 Å². The lowest BCUT2D eigenvalue weighted by molar-refractivity contribution is -0.0547. The molecule has 1 saturated heterocycles. The molecule has 3 heterocycles. The molecule has 5 atom stereocenters. The molecule has 18 heteroatoms. The summed E-state index contributed by atoms with van der Waals surface area (Å²) in [6.07, 6.45) is -2.66. The average molecular weight is 496 g/mol. The van der Waals surface area contributed by atoms with E-state index in [1.54, 1.807) is 0 Å². The van der Waals surface area contributed by atoms with E-state index in [9.17, 15) is 33.8 Å². The molecule has 0 amide bonds. The number of aliphatic hydroxyl groups is 2. The smallest absolute Gasteiger partial charge is 0.387 e. The lowest BCUT2D eigenvalue weighted by atomic mass is 10.1. The van der Waals surface area contributed by atoms with E-state index in [2.05, 4.69) is 18.8 Å². The summed E-state index contributed by atoms with van der Waals surface area (Å²) in [5.41, 5.74) is -1.62. The van der Waals surface area contributed by atoms with Crippen molar-refractivity contribution in [2.75, 3.05) is 6.61 Å². The van der Waals surface area contributed by atoms with Crippen LogP contribution in [0, 0.1) is 0 Å². The van der Waals surface area contributed by atoms with Gasteiger partial charge in [-0.25, -0.2) is 23.9 Å². The molecule has 0 radical (unpaired) electrons. The van der Waals surface area contributed by atoms with Gasteiger partial charge in [-0.2, -0.15) is 4.31 Å². The molecule has 0 saturated carbocycles. The molecule has 3 rings (SSSR count). The first-order valence-electron chi connectivity index (χ1n) is 8.72. The van der Waals surface area contributed by atoms with E-state index in [0.29, 0.717) is 0 Å². The fourth-order valence-electron chi connectivity index (χ4n) is 2.85. The zero-order valence-electron chi connectivity index (χ0n) is 15.9. The number of phosphoric acid groups is 2. The van der Waals surface area contributed by atoms with E-state index in [0.717, 1.165) is 21.4 Å². The Morgan fingerprint density at radius 3 is 2.38 bits per heavy atom. The van der Waals surface area contributed by atoms with Crippen molar-refractivity contribution < 1.29 is 47.6 Å². The van der Waals surface area contributed by atoms with E-state index in [1.807, 2.05) is 0 Å². The lowest BCUT2D eigenvalue weighted by Gasteiger charge is -2.19. The third kappa shape index (κ3) is 5.82. The summed E-state index contributed by atoms with van der Waals surface area (Å²) in [6, 6.07) is 2.55. The van der Waals surface area contributed by atoms with Crippen LogP contribution >= 0.6 is 15.6 Å². The highest BCUT2D eigenvalue weighted by Crippen LogP contribution is 2.57. The molecule has 1 fully saturated rings. The first kappa shape index (κ1) is 24.5. The normalized spacial score (nSPS) is 25.5. The summed E-state index contributed by atoms with van der Waals surface area (Å²) in [5.74, 6) is 0.160. The van der Waals surface area contributed by atoms with Gasteiger partial charge in [0.25, 0.3) is 5.56 Å². The molecule has 0 spiro atoms. The van der Waals surface area contributed by atoms with Crippen LogP contribution in [0.4, 0.5) is 0 Å². The SMILES string of the molecule is O=c1ccn([C@@H]2O[C@H](COP(=O)(O)OP(=O)(O)O)[C@H](O)C2O)c(=O)n1Cc1ncccn1. The van der Waals surface area contributed by atoms with E-state index < -0.39 is 58.0 Å².